The predicted molar refractivity (Wildman–Crippen MR) is 56.6 cm³/mol. The van der Waals surface area contributed by atoms with Gasteiger partial charge in [-0.1, -0.05) is 0 Å². The molecular weight excluding hydrogens is 248 g/mol. The SMILES string of the molecule is COc1cc2cn[nH]c(=O)c2cc1Br. The number of fused-ring (bicyclic) bond motifs is 1. The summed E-state index contributed by atoms with van der Waals surface area (Å²) in [7, 11) is 1.58. The number of nitrogens with one attached hydrogen (secondary N) is 1. The maximum absolute atomic E-state index is 11.4. The van der Waals surface area contributed by atoms with Crippen molar-refractivity contribution in [3.8, 4) is 5.75 Å². The highest BCUT2D eigenvalue weighted by Gasteiger charge is 2.05. The third-order valence-electron chi connectivity index (χ3n) is 1.94. The van der Waals surface area contributed by atoms with Crippen LogP contribution in [-0.2, 0) is 0 Å². The lowest BCUT2D eigenvalue weighted by Crippen LogP contribution is -2.07. The molecule has 0 aliphatic rings. The number of hydrogen-bond donors (Lipinski definition) is 1. The Morgan fingerprint density at radius 2 is 2.29 bits per heavy atom. The molecule has 0 unspecified atom stereocenters. The predicted octanol–water partition coefficient (Wildman–Crippen LogP) is 1.69. The van der Waals surface area contributed by atoms with E-state index in [2.05, 4.69) is 26.1 Å². The Hall–Kier alpha value is -1.36. The van der Waals surface area contributed by atoms with E-state index in [4.69, 9.17) is 4.74 Å². The summed E-state index contributed by atoms with van der Waals surface area (Å²) in [4.78, 5) is 11.4. The molecule has 0 aliphatic heterocycles. The average Bonchev–Trinajstić information content (AvgIpc) is 2.19. The minimum absolute atomic E-state index is 0.203. The molecule has 0 bridgehead atoms. The van der Waals surface area contributed by atoms with E-state index in [0.717, 1.165) is 9.86 Å². The summed E-state index contributed by atoms with van der Waals surface area (Å²) in [6, 6.07) is 3.48. The molecule has 14 heavy (non-hydrogen) atoms. The Morgan fingerprint density at radius 1 is 1.50 bits per heavy atom. The first-order chi connectivity index (χ1) is 6.72. The minimum Gasteiger partial charge on any atom is -0.496 e. The number of aromatic amines is 1. The number of halogens is 1. The molecule has 1 N–H and O–H groups in total. The van der Waals surface area contributed by atoms with Crippen LogP contribution in [0.4, 0.5) is 0 Å². The zero-order valence-corrected chi connectivity index (χ0v) is 8.96. The fourth-order valence-electron chi connectivity index (χ4n) is 1.25. The van der Waals surface area contributed by atoms with Crippen LogP contribution in [0.5, 0.6) is 5.75 Å². The topological polar surface area (TPSA) is 55.0 Å². The highest BCUT2D eigenvalue weighted by atomic mass is 79.9. The first-order valence-electron chi connectivity index (χ1n) is 3.93. The lowest BCUT2D eigenvalue weighted by atomic mass is 10.2. The summed E-state index contributed by atoms with van der Waals surface area (Å²) in [5, 5.41) is 7.43. The van der Waals surface area contributed by atoms with Crippen LogP contribution in [0.3, 0.4) is 0 Å². The zero-order valence-electron chi connectivity index (χ0n) is 7.37. The number of nitrogens with zero attached hydrogens (tertiary/aromatic N) is 1. The smallest absolute Gasteiger partial charge is 0.272 e. The van der Waals surface area contributed by atoms with E-state index in [1.54, 1.807) is 25.4 Å². The van der Waals surface area contributed by atoms with Gasteiger partial charge >= 0.3 is 0 Å². The number of ether oxygens (including phenoxy) is 1. The molecule has 72 valence electrons. The van der Waals surface area contributed by atoms with Gasteiger partial charge in [-0.25, -0.2) is 5.10 Å². The van der Waals surface area contributed by atoms with E-state index in [1.807, 2.05) is 0 Å². The first kappa shape index (κ1) is 9.21. The van der Waals surface area contributed by atoms with Gasteiger partial charge in [0, 0.05) is 5.39 Å². The second-order valence-electron chi connectivity index (χ2n) is 2.77. The van der Waals surface area contributed by atoms with Crippen LogP contribution in [0.25, 0.3) is 10.8 Å². The molecule has 5 heteroatoms. The number of hydrogen-bond acceptors (Lipinski definition) is 3. The number of H-pyrrole nitrogens is 1. The molecule has 0 atom stereocenters. The quantitative estimate of drug-likeness (QED) is 0.843. The maximum atomic E-state index is 11.4. The fourth-order valence-corrected chi connectivity index (χ4v) is 1.75. The lowest BCUT2D eigenvalue weighted by molar-refractivity contribution is 0.413. The highest BCUT2D eigenvalue weighted by molar-refractivity contribution is 9.10. The van der Waals surface area contributed by atoms with Crippen LogP contribution in [0, 0.1) is 0 Å². The third-order valence-corrected chi connectivity index (χ3v) is 2.56. The van der Waals surface area contributed by atoms with Crippen LogP contribution in [0.1, 0.15) is 0 Å². The van der Waals surface area contributed by atoms with E-state index in [1.165, 1.54) is 0 Å². The van der Waals surface area contributed by atoms with E-state index < -0.39 is 0 Å². The largest absolute Gasteiger partial charge is 0.496 e. The normalized spacial score (nSPS) is 10.4. The Labute approximate surface area is 88.0 Å². The van der Waals surface area contributed by atoms with Crippen molar-refractivity contribution in [2.24, 2.45) is 0 Å². The minimum atomic E-state index is -0.203. The van der Waals surface area contributed by atoms with Gasteiger partial charge in [0.2, 0.25) is 0 Å². The summed E-state index contributed by atoms with van der Waals surface area (Å²) in [6.07, 6.45) is 1.59. The van der Waals surface area contributed by atoms with E-state index in [9.17, 15) is 4.79 Å². The second kappa shape index (κ2) is 3.42. The van der Waals surface area contributed by atoms with E-state index in [-0.39, 0.29) is 5.56 Å². The van der Waals surface area contributed by atoms with Gasteiger partial charge in [0.25, 0.3) is 5.56 Å². The van der Waals surface area contributed by atoms with Gasteiger partial charge in [0.05, 0.1) is 23.2 Å². The van der Waals surface area contributed by atoms with Crippen molar-refractivity contribution in [2.45, 2.75) is 0 Å². The van der Waals surface area contributed by atoms with Crippen molar-refractivity contribution >= 4 is 26.7 Å². The number of aromatic nitrogens is 2. The molecule has 0 saturated carbocycles. The molecule has 0 fully saturated rings. The molecule has 4 nitrogen and oxygen atoms in total. The van der Waals surface area contributed by atoms with Crippen LogP contribution in [-0.4, -0.2) is 17.3 Å². The molecule has 0 saturated heterocycles. The summed E-state index contributed by atoms with van der Waals surface area (Å²) in [6.45, 7) is 0. The molecule has 1 heterocycles. The third kappa shape index (κ3) is 1.39. The van der Waals surface area contributed by atoms with Gasteiger partial charge in [-0.15, -0.1) is 0 Å². The Bertz CT molecular complexity index is 536. The van der Waals surface area contributed by atoms with E-state index >= 15 is 0 Å². The molecule has 0 radical (unpaired) electrons. The zero-order chi connectivity index (χ0) is 10.1. The lowest BCUT2D eigenvalue weighted by Gasteiger charge is -2.03. The Morgan fingerprint density at radius 3 is 3.00 bits per heavy atom. The van der Waals surface area contributed by atoms with Crippen LogP contribution >= 0.6 is 15.9 Å². The van der Waals surface area contributed by atoms with Gasteiger partial charge in [-0.2, -0.15) is 5.10 Å². The van der Waals surface area contributed by atoms with Crippen LogP contribution < -0.4 is 10.3 Å². The molecule has 1 aromatic carbocycles. The van der Waals surface area contributed by atoms with Gasteiger partial charge < -0.3 is 4.74 Å². The van der Waals surface area contributed by atoms with E-state index in [0.29, 0.717) is 11.1 Å². The van der Waals surface area contributed by atoms with Crippen molar-refractivity contribution in [1.29, 1.82) is 0 Å². The second-order valence-corrected chi connectivity index (χ2v) is 3.63. The number of rotatable bonds is 1. The number of benzene rings is 1. The highest BCUT2D eigenvalue weighted by Crippen LogP contribution is 2.28. The summed E-state index contributed by atoms with van der Waals surface area (Å²) in [5.41, 5.74) is -0.203. The fraction of sp³-hybridized carbons (Fsp3) is 0.111. The molecule has 0 amide bonds. The number of methoxy groups -OCH3 is 1. The van der Waals surface area contributed by atoms with Gasteiger partial charge in [-0.05, 0) is 28.1 Å². The molecule has 0 aliphatic carbocycles. The van der Waals surface area contributed by atoms with Crippen molar-refractivity contribution in [2.75, 3.05) is 7.11 Å². The summed E-state index contributed by atoms with van der Waals surface area (Å²) < 4.78 is 5.86. The van der Waals surface area contributed by atoms with Crippen LogP contribution in [0.15, 0.2) is 27.6 Å². The average molecular weight is 255 g/mol. The van der Waals surface area contributed by atoms with Crippen molar-refractivity contribution in [3.05, 3.63) is 33.2 Å². The molecule has 2 rings (SSSR count). The molecule has 0 spiro atoms. The summed E-state index contributed by atoms with van der Waals surface area (Å²) in [5.74, 6) is 0.685. The van der Waals surface area contributed by atoms with Crippen molar-refractivity contribution in [3.63, 3.8) is 0 Å². The Balaban J connectivity index is 2.86. The van der Waals surface area contributed by atoms with Crippen molar-refractivity contribution in [1.82, 2.24) is 10.2 Å². The molecule has 2 aromatic rings. The van der Waals surface area contributed by atoms with Crippen LogP contribution in [0.2, 0.25) is 0 Å². The standard InChI is InChI=1S/C9H7BrN2O2/c1-14-8-2-5-4-11-12-9(13)6(5)3-7(8)10/h2-4H,1H3,(H,12,13). The maximum Gasteiger partial charge on any atom is 0.272 e. The van der Waals surface area contributed by atoms with Crippen molar-refractivity contribution < 1.29 is 4.74 Å². The molecule has 1 aromatic heterocycles. The monoisotopic (exact) mass is 254 g/mol. The van der Waals surface area contributed by atoms with Gasteiger partial charge in [0.15, 0.2) is 0 Å². The van der Waals surface area contributed by atoms with Gasteiger partial charge in [0.1, 0.15) is 5.75 Å². The first-order valence-corrected chi connectivity index (χ1v) is 4.72. The summed E-state index contributed by atoms with van der Waals surface area (Å²) >= 11 is 3.31. The Kier molecular flexibility index (Phi) is 2.25. The molecular formula is C9H7BrN2O2. The van der Waals surface area contributed by atoms with Gasteiger partial charge in [-0.3, -0.25) is 4.79 Å².